The van der Waals surface area contributed by atoms with E-state index < -0.39 is 0 Å². The van der Waals surface area contributed by atoms with Gasteiger partial charge in [-0.25, -0.2) is 0 Å². The molecule has 0 aliphatic carbocycles. The number of hydrogen-bond donors (Lipinski definition) is 3. The van der Waals surface area contributed by atoms with Gasteiger partial charge in [0.2, 0.25) is 0 Å². The van der Waals surface area contributed by atoms with Crippen LogP contribution in [0.5, 0.6) is 0 Å². The van der Waals surface area contributed by atoms with Gasteiger partial charge >= 0.3 is 0 Å². The van der Waals surface area contributed by atoms with Crippen LogP contribution in [0.3, 0.4) is 0 Å². The van der Waals surface area contributed by atoms with E-state index in [1.165, 1.54) is 0 Å². The van der Waals surface area contributed by atoms with E-state index in [1.807, 2.05) is 18.2 Å². The average molecular weight is 162 g/mol. The van der Waals surface area contributed by atoms with Gasteiger partial charge in [0.25, 0.3) is 0 Å². The molecule has 0 saturated carbocycles. The molecule has 0 unspecified atom stereocenters. The lowest BCUT2D eigenvalue weighted by molar-refractivity contribution is 1.25. The number of nitrogens with one attached hydrogen (secondary N) is 1. The Hall–Kier alpha value is -1.84. The fourth-order valence-corrected chi connectivity index (χ4v) is 0.896. The molecule has 0 aliphatic rings. The van der Waals surface area contributed by atoms with E-state index in [9.17, 15) is 0 Å². The van der Waals surface area contributed by atoms with Crippen LogP contribution < -0.4 is 11.6 Å². The van der Waals surface area contributed by atoms with E-state index in [0.29, 0.717) is 5.71 Å². The van der Waals surface area contributed by atoms with Gasteiger partial charge in [0.15, 0.2) is 0 Å². The summed E-state index contributed by atoms with van der Waals surface area (Å²) in [6, 6.07) is 9.14. The summed E-state index contributed by atoms with van der Waals surface area (Å²) in [6.45, 7) is 0. The van der Waals surface area contributed by atoms with Crippen molar-refractivity contribution in [1.29, 1.82) is 5.41 Å². The molecule has 4 heteroatoms. The molecule has 1 rings (SSSR count). The fourth-order valence-electron chi connectivity index (χ4n) is 0.896. The summed E-state index contributed by atoms with van der Waals surface area (Å²) >= 11 is 0. The van der Waals surface area contributed by atoms with Crippen molar-refractivity contribution in [2.75, 3.05) is 0 Å². The van der Waals surface area contributed by atoms with Gasteiger partial charge in [-0.05, 0) is 0 Å². The molecule has 0 aliphatic heterocycles. The van der Waals surface area contributed by atoms with Crippen LogP contribution in [0.4, 0.5) is 0 Å². The highest BCUT2D eigenvalue weighted by Crippen LogP contribution is 1.99. The van der Waals surface area contributed by atoms with Crippen LogP contribution in [0, 0.1) is 5.41 Å². The number of rotatable bonds is 2. The first-order valence-electron chi connectivity index (χ1n) is 3.43. The number of benzene rings is 1. The van der Waals surface area contributed by atoms with Gasteiger partial charge in [0.1, 0.15) is 11.5 Å². The second-order valence-electron chi connectivity index (χ2n) is 2.26. The highest BCUT2D eigenvalue weighted by Gasteiger charge is 2.04. The minimum absolute atomic E-state index is 0.122. The maximum absolute atomic E-state index is 7.16. The lowest BCUT2D eigenvalue weighted by Gasteiger charge is -2.01. The summed E-state index contributed by atoms with van der Waals surface area (Å²) in [5, 5.41) is 10.6. The molecule has 0 heterocycles. The summed E-state index contributed by atoms with van der Waals surface area (Å²) in [4.78, 5) is 0. The second-order valence-corrected chi connectivity index (χ2v) is 2.26. The van der Waals surface area contributed by atoms with E-state index in [1.54, 1.807) is 12.1 Å². The van der Waals surface area contributed by atoms with Crippen LogP contribution in [0.2, 0.25) is 0 Å². The Balaban J connectivity index is 3.05. The minimum atomic E-state index is -0.122. The molecule has 0 amide bonds. The molecule has 0 saturated heterocycles. The van der Waals surface area contributed by atoms with Crippen LogP contribution in [0.15, 0.2) is 35.4 Å². The Labute approximate surface area is 70.4 Å². The molecule has 4 nitrogen and oxygen atoms in total. The van der Waals surface area contributed by atoms with E-state index in [-0.39, 0.29) is 5.84 Å². The molecule has 0 atom stereocenters. The van der Waals surface area contributed by atoms with Crippen molar-refractivity contribution in [3.63, 3.8) is 0 Å². The minimum Gasteiger partial charge on any atom is -0.382 e. The molecule has 12 heavy (non-hydrogen) atoms. The average Bonchev–Trinajstić information content (AvgIpc) is 2.07. The molecular weight excluding hydrogens is 152 g/mol. The van der Waals surface area contributed by atoms with Crippen LogP contribution in [-0.4, -0.2) is 11.5 Å². The zero-order valence-electron chi connectivity index (χ0n) is 6.49. The third-order valence-electron chi connectivity index (χ3n) is 1.43. The van der Waals surface area contributed by atoms with Crippen molar-refractivity contribution >= 4 is 11.5 Å². The Morgan fingerprint density at radius 1 is 1.25 bits per heavy atom. The van der Waals surface area contributed by atoms with Crippen molar-refractivity contribution in [3.05, 3.63) is 35.9 Å². The Kier molecular flexibility index (Phi) is 2.42. The number of nitrogens with zero attached hydrogens (tertiary/aromatic N) is 1. The van der Waals surface area contributed by atoms with Gasteiger partial charge in [0.05, 0.1) is 0 Å². The van der Waals surface area contributed by atoms with E-state index in [2.05, 4.69) is 5.10 Å². The highest BCUT2D eigenvalue weighted by molar-refractivity contribution is 6.45. The zero-order valence-corrected chi connectivity index (χ0v) is 6.49. The third kappa shape index (κ3) is 1.60. The molecular formula is C8H10N4. The van der Waals surface area contributed by atoms with Crippen LogP contribution in [0.25, 0.3) is 0 Å². The van der Waals surface area contributed by atoms with Crippen molar-refractivity contribution in [1.82, 2.24) is 0 Å². The van der Waals surface area contributed by atoms with Gasteiger partial charge in [-0.1, -0.05) is 30.3 Å². The monoisotopic (exact) mass is 162 g/mol. The van der Waals surface area contributed by atoms with Crippen molar-refractivity contribution in [3.8, 4) is 0 Å². The number of hydrogen-bond acceptors (Lipinski definition) is 3. The zero-order chi connectivity index (χ0) is 8.97. The number of amidine groups is 1. The lowest BCUT2D eigenvalue weighted by atomic mass is 10.1. The molecule has 1 aromatic carbocycles. The smallest absolute Gasteiger partial charge is 0.144 e. The van der Waals surface area contributed by atoms with Gasteiger partial charge in [0, 0.05) is 5.56 Å². The summed E-state index contributed by atoms with van der Waals surface area (Å²) in [5.74, 6) is 4.95. The van der Waals surface area contributed by atoms with E-state index >= 15 is 0 Å². The first-order valence-corrected chi connectivity index (χ1v) is 3.43. The van der Waals surface area contributed by atoms with Gasteiger partial charge in [-0.3, -0.25) is 5.41 Å². The van der Waals surface area contributed by atoms with E-state index in [0.717, 1.165) is 5.56 Å². The van der Waals surface area contributed by atoms with Gasteiger partial charge < -0.3 is 11.6 Å². The SMILES string of the molecule is N=C(N)C(=NN)c1ccccc1. The molecule has 0 spiro atoms. The maximum Gasteiger partial charge on any atom is 0.144 e. The first-order chi connectivity index (χ1) is 5.75. The fraction of sp³-hybridized carbons (Fsp3) is 0. The van der Waals surface area contributed by atoms with Crippen molar-refractivity contribution in [2.24, 2.45) is 16.7 Å². The summed E-state index contributed by atoms with van der Waals surface area (Å²) in [6.07, 6.45) is 0. The molecule has 0 fully saturated rings. The molecule has 1 aromatic rings. The normalized spacial score (nSPS) is 11.2. The van der Waals surface area contributed by atoms with Crippen LogP contribution in [0.1, 0.15) is 5.56 Å². The molecule has 62 valence electrons. The lowest BCUT2D eigenvalue weighted by Crippen LogP contribution is -2.24. The predicted octanol–water partition coefficient (Wildman–Crippen LogP) is 0.285. The number of nitrogens with two attached hydrogens (primary N) is 2. The Bertz CT molecular complexity index is 302. The Morgan fingerprint density at radius 2 is 1.83 bits per heavy atom. The molecule has 0 aromatic heterocycles. The summed E-state index contributed by atoms with van der Waals surface area (Å²) in [5.41, 5.74) is 6.32. The van der Waals surface area contributed by atoms with Gasteiger partial charge in [-0.2, -0.15) is 5.10 Å². The van der Waals surface area contributed by atoms with Gasteiger partial charge in [-0.15, -0.1) is 0 Å². The largest absolute Gasteiger partial charge is 0.382 e. The predicted molar refractivity (Wildman–Crippen MR) is 49.1 cm³/mol. The topological polar surface area (TPSA) is 88.2 Å². The molecule has 0 radical (unpaired) electrons. The summed E-state index contributed by atoms with van der Waals surface area (Å²) < 4.78 is 0. The highest BCUT2D eigenvalue weighted by atomic mass is 15.1. The van der Waals surface area contributed by atoms with E-state index in [4.69, 9.17) is 17.0 Å². The van der Waals surface area contributed by atoms with Crippen LogP contribution in [-0.2, 0) is 0 Å². The quantitative estimate of drug-likeness (QED) is 0.252. The standard InChI is InChI=1S/C8H10N4/c9-8(10)7(12-11)6-4-2-1-3-5-6/h1-5H,11H2,(H3,9,10). The van der Waals surface area contributed by atoms with Crippen molar-refractivity contribution in [2.45, 2.75) is 0 Å². The Morgan fingerprint density at radius 3 is 2.25 bits per heavy atom. The van der Waals surface area contributed by atoms with Crippen molar-refractivity contribution < 1.29 is 0 Å². The second kappa shape index (κ2) is 3.52. The third-order valence-corrected chi connectivity index (χ3v) is 1.43. The van der Waals surface area contributed by atoms with Crippen LogP contribution >= 0.6 is 0 Å². The maximum atomic E-state index is 7.16. The first kappa shape index (κ1) is 8.26. The number of hydrazone groups is 1. The summed E-state index contributed by atoms with van der Waals surface area (Å²) in [7, 11) is 0. The molecule has 0 bridgehead atoms. The molecule has 5 N–H and O–H groups in total.